The molecule has 3 aromatic carbocycles. The first kappa shape index (κ1) is 49.4. The van der Waals surface area contributed by atoms with E-state index in [2.05, 4.69) is 49.0 Å². The van der Waals surface area contributed by atoms with E-state index in [0.29, 0.717) is 61.3 Å². The number of likely N-dealkylation sites (tertiary alicyclic amines) is 2. The van der Waals surface area contributed by atoms with Gasteiger partial charge in [-0.05, 0) is 119 Å². The Hall–Kier alpha value is -7.62. The molecule has 4 atom stereocenters. The highest BCUT2D eigenvalue weighted by Crippen LogP contribution is 2.56. The Morgan fingerprint density at radius 2 is 0.972 bits per heavy atom. The Kier molecular flexibility index (Phi) is 13.9. The molecule has 6 amide bonds. The van der Waals surface area contributed by atoms with Gasteiger partial charge < -0.3 is 40.5 Å². The van der Waals surface area contributed by atoms with E-state index in [0.717, 1.165) is 47.9 Å². The number of benzene rings is 3. The van der Waals surface area contributed by atoms with Crippen LogP contribution in [-0.2, 0) is 52.3 Å². The summed E-state index contributed by atoms with van der Waals surface area (Å²) in [5.41, 5.74) is 10.6. The van der Waals surface area contributed by atoms with E-state index < -0.39 is 48.2 Å². The average molecular weight is 975 g/mol. The summed E-state index contributed by atoms with van der Waals surface area (Å²) in [7, 11) is 2.48. The second kappa shape index (κ2) is 20.2. The van der Waals surface area contributed by atoms with Crippen LogP contribution < -0.4 is 21.3 Å². The van der Waals surface area contributed by atoms with Gasteiger partial charge in [-0.1, -0.05) is 88.4 Å². The summed E-state index contributed by atoms with van der Waals surface area (Å²) < 4.78 is 9.70. The van der Waals surface area contributed by atoms with Crippen LogP contribution in [0.5, 0.6) is 0 Å². The van der Waals surface area contributed by atoms with E-state index in [4.69, 9.17) is 19.4 Å². The monoisotopic (exact) mass is 974 g/mol. The first-order valence-electron chi connectivity index (χ1n) is 24.7. The SMILES string of the molecule is COC(=O)NC(C(=O)N1CCC[C@H]1C(=O)Nc1cncc(-c2c3c(c(-c4cncc(NC(=O)[C@@H]5CCCN5C(=O)[C@H](NC(=O)OC)c5ccccc5)c4)c4c2C(C)(C)CC4)C(C)(C)CC3)c1)c1ccccc1. The summed E-state index contributed by atoms with van der Waals surface area (Å²) >= 11 is 0. The fraction of sp³-hybridized carbons (Fsp3) is 0.393. The number of aromatic nitrogens is 2. The minimum absolute atomic E-state index is 0.225. The van der Waals surface area contributed by atoms with Crippen molar-refractivity contribution in [2.75, 3.05) is 37.9 Å². The van der Waals surface area contributed by atoms with Gasteiger partial charge in [0.15, 0.2) is 0 Å². The molecule has 2 saturated heterocycles. The first-order chi connectivity index (χ1) is 34.6. The maximum Gasteiger partial charge on any atom is 0.407 e. The lowest BCUT2D eigenvalue weighted by Crippen LogP contribution is -2.48. The zero-order valence-electron chi connectivity index (χ0n) is 41.7. The lowest BCUT2D eigenvalue weighted by Gasteiger charge is -2.31. The molecule has 1 unspecified atom stereocenters. The first-order valence-corrected chi connectivity index (χ1v) is 24.7. The topological polar surface area (TPSA) is 201 Å². The Balaban J connectivity index is 1.00. The molecule has 16 heteroatoms. The van der Waals surface area contributed by atoms with Gasteiger partial charge in [-0.25, -0.2) is 9.59 Å². The minimum Gasteiger partial charge on any atom is -0.453 e. The van der Waals surface area contributed by atoms with Gasteiger partial charge in [-0.15, -0.1) is 0 Å². The van der Waals surface area contributed by atoms with Crippen molar-refractivity contribution in [3.05, 3.63) is 131 Å². The van der Waals surface area contributed by atoms with Crippen molar-refractivity contribution in [1.29, 1.82) is 0 Å². The number of ether oxygens (including phenoxy) is 2. The van der Waals surface area contributed by atoms with Gasteiger partial charge in [0.05, 0.1) is 38.0 Å². The molecule has 0 saturated carbocycles. The van der Waals surface area contributed by atoms with Crippen molar-refractivity contribution in [2.24, 2.45) is 0 Å². The van der Waals surface area contributed by atoms with Gasteiger partial charge in [0.25, 0.3) is 11.8 Å². The molecule has 0 bridgehead atoms. The fourth-order valence-corrected chi connectivity index (χ4v) is 11.5. The molecule has 2 fully saturated rings. The fourth-order valence-electron chi connectivity index (χ4n) is 11.5. The van der Waals surface area contributed by atoms with Crippen LogP contribution >= 0.6 is 0 Å². The number of alkyl carbamates (subject to hydrolysis) is 2. The lowest BCUT2D eigenvalue weighted by atomic mass is 9.74. The lowest BCUT2D eigenvalue weighted by molar-refractivity contribution is -0.138. The molecule has 16 nitrogen and oxygen atoms in total. The Bertz CT molecular complexity index is 2730. The number of carbonyl (C=O) groups is 6. The summed E-state index contributed by atoms with van der Waals surface area (Å²) in [6, 6.07) is 18.2. The molecular formula is C56H62N8O8. The van der Waals surface area contributed by atoms with Crippen LogP contribution in [0.4, 0.5) is 21.0 Å². The molecule has 4 N–H and O–H groups in total. The van der Waals surface area contributed by atoms with Crippen LogP contribution in [-0.4, -0.2) is 95.0 Å². The molecule has 9 rings (SSSR count). The number of rotatable bonds is 12. The zero-order chi connectivity index (χ0) is 50.9. The van der Waals surface area contributed by atoms with Gasteiger partial charge in [0.2, 0.25) is 11.8 Å². The van der Waals surface area contributed by atoms with Crippen LogP contribution in [0.15, 0.2) is 97.6 Å². The maximum atomic E-state index is 14.2. The number of hydrogen-bond donors (Lipinski definition) is 4. The van der Waals surface area contributed by atoms with E-state index in [1.54, 1.807) is 60.9 Å². The van der Waals surface area contributed by atoms with Gasteiger partial charge in [-0.3, -0.25) is 29.1 Å². The van der Waals surface area contributed by atoms with Crippen LogP contribution in [0.2, 0.25) is 0 Å². The van der Waals surface area contributed by atoms with Gasteiger partial charge in [-0.2, -0.15) is 0 Å². The number of amides is 6. The molecule has 2 aliphatic heterocycles. The number of carbonyl (C=O) groups excluding carboxylic acids is 6. The van der Waals surface area contributed by atoms with Crippen molar-refractivity contribution in [3.63, 3.8) is 0 Å². The van der Waals surface area contributed by atoms with Crippen LogP contribution in [0.25, 0.3) is 22.3 Å². The molecule has 2 aliphatic carbocycles. The minimum atomic E-state index is -1.04. The van der Waals surface area contributed by atoms with E-state index in [1.807, 2.05) is 36.7 Å². The van der Waals surface area contributed by atoms with E-state index >= 15 is 0 Å². The Morgan fingerprint density at radius 1 is 0.583 bits per heavy atom. The molecular weight excluding hydrogens is 913 g/mol. The quantitative estimate of drug-likeness (QED) is 0.0942. The second-order valence-corrected chi connectivity index (χ2v) is 20.5. The maximum absolute atomic E-state index is 14.2. The normalized spacial score (nSPS) is 19.1. The third kappa shape index (κ3) is 9.61. The number of fused-ring (bicyclic) bond motifs is 2. The highest BCUT2D eigenvalue weighted by Gasteiger charge is 2.44. The largest absolute Gasteiger partial charge is 0.453 e. The van der Waals surface area contributed by atoms with Gasteiger partial charge in [0.1, 0.15) is 24.2 Å². The molecule has 0 radical (unpaired) electrons. The van der Waals surface area contributed by atoms with Crippen molar-refractivity contribution < 1.29 is 38.2 Å². The van der Waals surface area contributed by atoms with Crippen LogP contribution in [0, 0.1) is 0 Å². The molecule has 4 aliphatic rings. The number of nitrogens with one attached hydrogen (secondary N) is 4. The summed E-state index contributed by atoms with van der Waals surface area (Å²) in [5, 5.41) is 11.5. The van der Waals surface area contributed by atoms with Gasteiger partial charge >= 0.3 is 12.2 Å². The number of nitrogens with zero attached hydrogens (tertiary/aromatic N) is 4. The molecule has 0 spiro atoms. The Labute approximate surface area is 419 Å². The molecule has 4 heterocycles. The molecule has 2 aromatic heterocycles. The van der Waals surface area contributed by atoms with Crippen molar-refractivity contribution in [3.8, 4) is 22.3 Å². The summed E-state index contributed by atoms with van der Waals surface area (Å²) in [6.45, 7) is 9.80. The third-order valence-electron chi connectivity index (χ3n) is 15.0. The average Bonchev–Trinajstić information content (AvgIpc) is 4.21. The summed E-state index contributed by atoms with van der Waals surface area (Å²) in [4.78, 5) is 93.9. The predicted molar refractivity (Wildman–Crippen MR) is 272 cm³/mol. The highest BCUT2D eigenvalue weighted by molar-refractivity contribution is 6.01. The number of pyridine rings is 2. The zero-order valence-corrected chi connectivity index (χ0v) is 41.7. The summed E-state index contributed by atoms with van der Waals surface area (Å²) in [6.07, 6.45) is 11.1. The molecule has 5 aromatic rings. The third-order valence-corrected chi connectivity index (χ3v) is 15.0. The predicted octanol–water partition coefficient (Wildman–Crippen LogP) is 8.31. The smallest absolute Gasteiger partial charge is 0.407 e. The summed E-state index contributed by atoms with van der Waals surface area (Å²) in [5.74, 6) is -1.47. The molecule has 374 valence electrons. The van der Waals surface area contributed by atoms with Crippen molar-refractivity contribution in [2.45, 2.75) is 114 Å². The van der Waals surface area contributed by atoms with Crippen molar-refractivity contribution in [1.82, 2.24) is 30.4 Å². The number of hydrogen-bond acceptors (Lipinski definition) is 10. The standard InChI is InChI=1S/C56H62N8O8/c1-55(2)23-21-39-44(36-28-38(32-58-30-36)60-50(66)42-20-14-26-64(42)52(68)48(62-54(70)72-6)34-17-11-8-12-18-34)46-40(22-24-56(46,3)4)43(45(39)55)35-27-37(31-57-29-35)59-49(65)41-19-13-25-63(41)51(67)47(61-53(69)71-5)33-15-9-7-10-16-33/h7-12,15-18,27-32,41-42,47-48H,13-14,19-26H2,1-6H3,(H,59,65)(H,60,66)(H,61,69)(H,62,70)/t41-,42-,47+,48?/m0/s1. The van der Waals surface area contributed by atoms with Crippen LogP contribution in [0.3, 0.4) is 0 Å². The van der Waals surface area contributed by atoms with E-state index in [1.165, 1.54) is 46.3 Å². The number of methoxy groups -OCH3 is 2. The van der Waals surface area contributed by atoms with E-state index in [9.17, 15) is 28.8 Å². The number of anilines is 2. The highest BCUT2D eigenvalue weighted by atomic mass is 16.5. The van der Waals surface area contributed by atoms with Gasteiger partial charge in [0, 0.05) is 36.6 Å². The second-order valence-electron chi connectivity index (χ2n) is 20.5. The van der Waals surface area contributed by atoms with Crippen molar-refractivity contribution >= 4 is 47.2 Å². The Morgan fingerprint density at radius 3 is 1.35 bits per heavy atom. The van der Waals surface area contributed by atoms with Crippen LogP contribution in [0.1, 0.15) is 112 Å². The van der Waals surface area contributed by atoms with E-state index in [-0.39, 0.29) is 22.6 Å². The molecule has 72 heavy (non-hydrogen) atoms.